The van der Waals surface area contributed by atoms with Gasteiger partial charge in [0.25, 0.3) is 5.91 Å². The summed E-state index contributed by atoms with van der Waals surface area (Å²) in [6, 6.07) is 10.0. The molecule has 4 rings (SSSR count). The maximum atomic E-state index is 13.8. The molecule has 1 unspecified atom stereocenters. The van der Waals surface area contributed by atoms with E-state index in [1.807, 2.05) is 45.9 Å². The van der Waals surface area contributed by atoms with Gasteiger partial charge in [-0.1, -0.05) is 12.1 Å². The molecule has 0 aliphatic carbocycles. The first-order valence-corrected chi connectivity index (χ1v) is 12.1. The lowest BCUT2D eigenvalue weighted by Gasteiger charge is -2.28. The summed E-state index contributed by atoms with van der Waals surface area (Å²) in [4.78, 5) is 33.5. The zero-order valence-electron chi connectivity index (χ0n) is 20.6. The fourth-order valence-electron chi connectivity index (χ4n) is 4.29. The number of ether oxygens (including phenoxy) is 2. The molecule has 1 aliphatic heterocycles. The second-order valence-corrected chi connectivity index (χ2v) is 9.63. The van der Waals surface area contributed by atoms with Crippen LogP contribution >= 0.6 is 11.3 Å². The minimum atomic E-state index is -0.857. The third-order valence-electron chi connectivity index (χ3n) is 6.13. The Labute approximate surface area is 208 Å². The lowest BCUT2D eigenvalue weighted by Crippen LogP contribution is -2.31. The first kappa shape index (κ1) is 24.5. The van der Waals surface area contributed by atoms with Crippen LogP contribution in [-0.4, -0.2) is 35.5 Å². The van der Waals surface area contributed by atoms with Gasteiger partial charge in [0.2, 0.25) is 5.78 Å². The van der Waals surface area contributed by atoms with Gasteiger partial charge in [-0.2, -0.15) is 0 Å². The lowest BCUT2D eigenvalue weighted by molar-refractivity contribution is -0.117. The van der Waals surface area contributed by atoms with Crippen LogP contribution in [0.2, 0.25) is 0 Å². The van der Waals surface area contributed by atoms with Crippen LogP contribution in [0.3, 0.4) is 0 Å². The van der Waals surface area contributed by atoms with Gasteiger partial charge in [0.1, 0.15) is 0 Å². The third-order valence-corrected chi connectivity index (χ3v) is 7.21. The molecule has 2 aromatic carbocycles. The summed E-state index contributed by atoms with van der Waals surface area (Å²) >= 11 is 1.25. The zero-order chi connectivity index (χ0) is 25.4. The highest BCUT2D eigenvalue weighted by Crippen LogP contribution is 2.44. The number of carbonyl (C=O) groups is 2. The molecule has 0 bridgehead atoms. The molecule has 8 heteroatoms. The second-order valence-electron chi connectivity index (χ2n) is 8.43. The van der Waals surface area contributed by atoms with E-state index >= 15 is 0 Å². The van der Waals surface area contributed by atoms with Crippen molar-refractivity contribution < 1.29 is 24.2 Å². The predicted molar refractivity (Wildman–Crippen MR) is 136 cm³/mol. The molecule has 7 nitrogen and oxygen atoms in total. The Balaban J connectivity index is 1.93. The topological polar surface area (TPSA) is 89.0 Å². The number of aromatic nitrogens is 1. The normalized spacial score (nSPS) is 15.7. The van der Waals surface area contributed by atoms with Crippen LogP contribution in [0.1, 0.15) is 50.0 Å². The number of carbonyl (C=O) groups excluding carboxylic acids is 2. The van der Waals surface area contributed by atoms with Gasteiger partial charge in [-0.15, -0.1) is 11.3 Å². The highest BCUT2D eigenvalue weighted by Gasteiger charge is 2.45. The van der Waals surface area contributed by atoms with Crippen molar-refractivity contribution in [2.75, 3.05) is 18.6 Å². The van der Waals surface area contributed by atoms with Gasteiger partial charge in [0.05, 0.1) is 40.9 Å². The van der Waals surface area contributed by atoms with Crippen LogP contribution < -0.4 is 14.4 Å². The van der Waals surface area contributed by atoms with Crippen LogP contribution in [0.4, 0.5) is 5.69 Å². The van der Waals surface area contributed by atoms with E-state index in [9.17, 15) is 14.7 Å². The molecule has 0 fully saturated rings. The number of benzene rings is 2. The maximum Gasteiger partial charge on any atom is 0.294 e. The molecule has 3 aromatic rings. The lowest BCUT2D eigenvalue weighted by atomic mass is 9.94. The number of aliphatic hydroxyl groups excluding tert-OH is 1. The standard InChI is InChI=1S/C27H28N2O5S/c1-7-34-21-13-18(9-11-20(21)33-6)23-22(24(30)26-16(4)28-17(5)35-26)25(31)27(32)29(23)19-10-8-14(2)15(3)12-19/h8-13,23,31H,7H2,1-6H3. The average molecular weight is 493 g/mol. The maximum absolute atomic E-state index is 13.8. The average Bonchev–Trinajstić information content (AvgIpc) is 3.30. The number of anilines is 1. The number of amides is 1. The van der Waals surface area contributed by atoms with Crippen molar-refractivity contribution in [1.82, 2.24) is 4.98 Å². The molecule has 0 saturated heterocycles. The summed E-state index contributed by atoms with van der Waals surface area (Å²) < 4.78 is 11.2. The Morgan fingerprint density at radius 2 is 1.83 bits per heavy atom. The van der Waals surface area contributed by atoms with E-state index in [0.29, 0.717) is 39.9 Å². The van der Waals surface area contributed by atoms with Gasteiger partial charge < -0.3 is 14.6 Å². The van der Waals surface area contributed by atoms with Crippen LogP contribution in [-0.2, 0) is 4.79 Å². The Hall–Kier alpha value is -3.65. The van der Waals surface area contributed by atoms with Gasteiger partial charge in [0.15, 0.2) is 17.3 Å². The molecule has 1 amide bonds. The quantitative estimate of drug-likeness (QED) is 0.434. The molecule has 35 heavy (non-hydrogen) atoms. The minimum absolute atomic E-state index is 0.0209. The molecule has 1 atom stereocenters. The third kappa shape index (κ3) is 4.30. The first-order chi connectivity index (χ1) is 16.7. The largest absolute Gasteiger partial charge is 0.503 e. The van der Waals surface area contributed by atoms with Gasteiger partial charge in [-0.25, -0.2) is 4.98 Å². The van der Waals surface area contributed by atoms with Crippen molar-refractivity contribution in [3.05, 3.63) is 80.0 Å². The van der Waals surface area contributed by atoms with Crippen molar-refractivity contribution in [2.45, 2.75) is 40.7 Å². The van der Waals surface area contributed by atoms with Crippen LogP contribution in [0.25, 0.3) is 0 Å². The Morgan fingerprint density at radius 3 is 2.43 bits per heavy atom. The predicted octanol–water partition coefficient (Wildman–Crippen LogP) is 5.57. The van der Waals surface area contributed by atoms with Crippen molar-refractivity contribution >= 4 is 28.7 Å². The van der Waals surface area contributed by atoms with Gasteiger partial charge in [-0.3, -0.25) is 14.5 Å². The van der Waals surface area contributed by atoms with E-state index in [2.05, 4.69) is 4.98 Å². The number of aliphatic hydroxyl groups is 1. The molecular weight excluding hydrogens is 464 g/mol. The van der Waals surface area contributed by atoms with Crippen LogP contribution in [0.15, 0.2) is 47.7 Å². The number of thiazole rings is 1. The van der Waals surface area contributed by atoms with Crippen molar-refractivity contribution in [2.24, 2.45) is 0 Å². The summed E-state index contributed by atoms with van der Waals surface area (Å²) in [7, 11) is 1.55. The minimum Gasteiger partial charge on any atom is -0.503 e. The van der Waals surface area contributed by atoms with Crippen molar-refractivity contribution in [3.8, 4) is 11.5 Å². The van der Waals surface area contributed by atoms with Crippen LogP contribution in [0, 0.1) is 27.7 Å². The Morgan fingerprint density at radius 1 is 1.09 bits per heavy atom. The summed E-state index contributed by atoms with van der Waals surface area (Å²) in [5.74, 6) is -0.577. The number of hydrogen-bond acceptors (Lipinski definition) is 7. The number of Topliss-reactive ketones (excluding diaryl/α,β-unsaturated/α-hetero) is 1. The van der Waals surface area contributed by atoms with E-state index in [1.54, 1.807) is 32.2 Å². The number of rotatable bonds is 7. The fraction of sp³-hybridized carbons (Fsp3) is 0.296. The van der Waals surface area contributed by atoms with Gasteiger partial charge >= 0.3 is 0 Å². The Bertz CT molecular complexity index is 1360. The summed E-state index contributed by atoms with van der Waals surface area (Å²) in [5.41, 5.74) is 3.86. The van der Waals surface area contributed by atoms with Crippen LogP contribution in [0.5, 0.6) is 11.5 Å². The number of ketones is 1. The van der Waals surface area contributed by atoms with Gasteiger partial charge in [0, 0.05) is 5.69 Å². The Kier molecular flexibility index (Phi) is 6.67. The van der Waals surface area contributed by atoms with E-state index in [4.69, 9.17) is 9.47 Å². The van der Waals surface area contributed by atoms with E-state index in [0.717, 1.165) is 16.1 Å². The molecule has 0 spiro atoms. The molecular formula is C27H28N2O5S. The molecule has 1 aliphatic rings. The smallest absolute Gasteiger partial charge is 0.294 e. The highest BCUT2D eigenvalue weighted by atomic mass is 32.1. The zero-order valence-corrected chi connectivity index (χ0v) is 21.4. The first-order valence-electron chi connectivity index (χ1n) is 11.3. The fourth-order valence-corrected chi connectivity index (χ4v) is 5.16. The SMILES string of the molecule is CCOc1cc(C2C(C(=O)c3sc(C)nc3C)=C(O)C(=O)N2c2ccc(C)c(C)c2)ccc1OC. The van der Waals surface area contributed by atoms with Gasteiger partial charge in [-0.05, 0) is 75.6 Å². The summed E-state index contributed by atoms with van der Waals surface area (Å²) in [6.45, 7) is 9.79. The van der Waals surface area contributed by atoms with Crippen molar-refractivity contribution in [1.29, 1.82) is 0 Å². The molecule has 1 N–H and O–H groups in total. The summed E-state index contributed by atoms with van der Waals surface area (Å²) in [6.07, 6.45) is 0. The monoisotopic (exact) mass is 492 g/mol. The molecule has 182 valence electrons. The molecule has 2 heterocycles. The number of hydrogen-bond donors (Lipinski definition) is 1. The number of nitrogens with zero attached hydrogens (tertiary/aromatic N) is 2. The number of aryl methyl sites for hydroxylation is 4. The molecule has 0 radical (unpaired) electrons. The summed E-state index contributed by atoms with van der Waals surface area (Å²) in [5, 5.41) is 11.8. The van der Waals surface area contributed by atoms with E-state index in [1.165, 1.54) is 16.2 Å². The second kappa shape index (κ2) is 9.54. The molecule has 0 saturated carbocycles. The number of methoxy groups -OCH3 is 1. The van der Waals surface area contributed by atoms with Crippen molar-refractivity contribution in [3.63, 3.8) is 0 Å². The van der Waals surface area contributed by atoms with E-state index < -0.39 is 23.5 Å². The van der Waals surface area contributed by atoms with E-state index in [-0.39, 0.29) is 5.57 Å². The highest BCUT2D eigenvalue weighted by molar-refractivity contribution is 7.14. The molecule has 1 aromatic heterocycles.